The number of nitrogens with one attached hydrogen (secondary N) is 1. The third-order valence-electron chi connectivity index (χ3n) is 6.66. The van der Waals surface area contributed by atoms with Crippen LogP contribution in [0.1, 0.15) is 43.7 Å². The fraction of sp³-hybridized carbons (Fsp3) is 0.444. The summed E-state index contributed by atoms with van der Waals surface area (Å²) in [5.74, 6) is -0.0864. The molecule has 2 aromatic carbocycles. The molecule has 2 amide bonds. The summed E-state index contributed by atoms with van der Waals surface area (Å²) < 4.78 is 5.65. The molecule has 186 valence electrons. The van der Waals surface area contributed by atoms with Gasteiger partial charge in [0.1, 0.15) is 18.7 Å². The van der Waals surface area contributed by atoms with Gasteiger partial charge in [-0.1, -0.05) is 62.4 Å². The highest BCUT2D eigenvalue weighted by Crippen LogP contribution is 2.44. The molecule has 1 saturated heterocycles. The van der Waals surface area contributed by atoms with Crippen LogP contribution in [0.3, 0.4) is 0 Å². The van der Waals surface area contributed by atoms with Gasteiger partial charge in [-0.3, -0.25) is 4.79 Å². The summed E-state index contributed by atoms with van der Waals surface area (Å²) in [6, 6.07) is 14.5. The predicted molar refractivity (Wildman–Crippen MR) is 137 cm³/mol. The summed E-state index contributed by atoms with van der Waals surface area (Å²) >= 11 is 1.52. The van der Waals surface area contributed by atoms with E-state index in [1.54, 1.807) is 0 Å². The van der Waals surface area contributed by atoms with E-state index in [0.29, 0.717) is 30.4 Å². The van der Waals surface area contributed by atoms with E-state index in [1.807, 2.05) is 38.1 Å². The molecule has 0 radical (unpaired) electrons. The quantitative estimate of drug-likeness (QED) is 0.564. The minimum atomic E-state index is -1.02. The molecule has 2 unspecified atom stereocenters. The van der Waals surface area contributed by atoms with Gasteiger partial charge in [-0.2, -0.15) is 11.8 Å². The van der Waals surface area contributed by atoms with Gasteiger partial charge in [-0.25, -0.2) is 9.59 Å². The number of aliphatic carboxylic acids is 1. The molecule has 0 saturated carbocycles. The van der Waals surface area contributed by atoms with Crippen LogP contribution >= 0.6 is 11.8 Å². The number of fused-ring (bicyclic) bond motifs is 3. The maximum atomic E-state index is 13.3. The second-order valence-electron chi connectivity index (χ2n) is 9.45. The smallest absolute Gasteiger partial charge is 0.407 e. The van der Waals surface area contributed by atoms with E-state index in [9.17, 15) is 19.5 Å². The van der Waals surface area contributed by atoms with Crippen molar-refractivity contribution in [3.05, 3.63) is 59.7 Å². The topological polar surface area (TPSA) is 95.9 Å². The van der Waals surface area contributed by atoms with Crippen LogP contribution in [0.25, 0.3) is 11.1 Å². The van der Waals surface area contributed by atoms with Crippen molar-refractivity contribution in [3.63, 3.8) is 0 Å². The lowest BCUT2D eigenvalue weighted by Crippen LogP contribution is -2.57. The summed E-state index contributed by atoms with van der Waals surface area (Å²) in [7, 11) is 0. The van der Waals surface area contributed by atoms with Crippen LogP contribution in [0.4, 0.5) is 4.79 Å². The van der Waals surface area contributed by atoms with Crippen LogP contribution in [-0.2, 0) is 14.3 Å². The predicted octanol–water partition coefficient (Wildman–Crippen LogP) is 4.36. The van der Waals surface area contributed by atoms with Crippen molar-refractivity contribution in [2.75, 3.05) is 24.7 Å². The Hall–Kier alpha value is -3.00. The summed E-state index contributed by atoms with van der Waals surface area (Å²) in [4.78, 5) is 39.3. The van der Waals surface area contributed by atoms with Crippen molar-refractivity contribution >= 4 is 29.7 Å². The van der Waals surface area contributed by atoms with E-state index in [-0.39, 0.29) is 18.4 Å². The number of alkyl carbamates (subject to hydrolysis) is 1. The molecule has 0 aromatic heterocycles. The van der Waals surface area contributed by atoms with Crippen LogP contribution in [-0.4, -0.2) is 64.7 Å². The number of carboxylic acids is 1. The third kappa shape index (κ3) is 5.64. The van der Waals surface area contributed by atoms with E-state index < -0.39 is 24.1 Å². The van der Waals surface area contributed by atoms with Gasteiger partial charge in [0.2, 0.25) is 5.91 Å². The molecule has 4 rings (SSSR count). The molecule has 1 aliphatic heterocycles. The molecule has 2 aromatic rings. The Morgan fingerprint density at radius 3 is 2.29 bits per heavy atom. The second-order valence-corrected chi connectivity index (χ2v) is 10.6. The molecule has 7 nitrogen and oxygen atoms in total. The minimum Gasteiger partial charge on any atom is -0.480 e. The maximum absolute atomic E-state index is 13.3. The van der Waals surface area contributed by atoms with Crippen LogP contribution in [0, 0.1) is 5.92 Å². The van der Waals surface area contributed by atoms with E-state index in [4.69, 9.17) is 4.74 Å². The summed E-state index contributed by atoms with van der Waals surface area (Å²) in [6.07, 6.45) is 0.490. The van der Waals surface area contributed by atoms with E-state index >= 15 is 0 Å². The van der Waals surface area contributed by atoms with Crippen LogP contribution in [0.5, 0.6) is 0 Å². The van der Waals surface area contributed by atoms with Crippen LogP contribution in [0.2, 0.25) is 0 Å². The van der Waals surface area contributed by atoms with Gasteiger partial charge < -0.3 is 20.1 Å². The number of carbonyl (C=O) groups excluding carboxylic acids is 2. The second kappa shape index (κ2) is 11.2. The van der Waals surface area contributed by atoms with Crippen molar-refractivity contribution in [2.24, 2.45) is 5.92 Å². The normalized spacial score (nSPS) is 18.0. The largest absolute Gasteiger partial charge is 0.480 e. The van der Waals surface area contributed by atoms with Crippen molar-refractivity contribution in [3.8, 4) is 11.1 Å². The van der Waals surface area contributed by atoms with Crippen LogP contribution < -0.4 is 5.32 Å². The molecule has 1 heterocycles. The van der Waals surface area contributed by atoms with Gasteiger partial charge in [-0.05, 0) is 41.0 Å². The van der Waals surface area contributed by atoms with Gasteiger partial charge in [-0.15, -0.1) is 0 Å². The number of nitrogens with zero attached hydrogens (tertiary/aromatic N) is 1. The highest BCUT2D eigenvalue weighted by molar-refractivity contribution is 7.99. The number of rotatable bonds is 8. The lowest BCUT2D eigenvalue weighted by Gasteiger charge is -2.35. The minimum absolute atomic E-state index is 0.0755. The number of benzene rings is 2. The van der Waals surface area contributed by atoms with Crippen molar-refractivity contribution in [1.82, 2.24) is 10.2 Å². The molecule has 2 N–H and O–H groups in total. The summed E-state index contributed by atoms with van der Waals surface area (Å²) in [5, 5.41) is 12.3. The summed E-state index contributed by atoms with van der Waals surface area (Å²) in [5.41, 5.74) is 4.52. The Morgan fingerprint density at radius 1 is 1.06 bits per heavy atom. The number of carboxylic acid groups (broad SMARTS) is 1. The number of hydrogen-bond donors (Lipinski definition) is 2. The Kier molecular flexibility index (Phi) is 8.00. The molecule has 0 spiro atoms. The number of hydrogen-bond acceptors (Lipinski definition) is 5. The van der Waals surface area contributed by atoms with Gasteiger partial charge >= 0.3 is 12.1 Å². The molecule has 8 heteroatoms. The number of thioether (sulfide) groups is 1. The first-order valence-electron chi connectivity index (χ1n) is 12.1. The zero-order chi connectivity index (χ0) is 24.9. The molecule has 2 aliphatic rings. The van der Waals surface area contributed by atoms with Gasteiger partial charge in [0.15, 0.2) is 0 Å². The highest BCUT2D eigenvalue weighted by Gasteiger charge is 2.37. The average molecular weight is 497 g/mol. The standard InChI is InChI=1S/C27H32N2O5S/c1-17(2)11-12-23(25(30)29-13-14-35-16-24(29)26(31)32)28-27(33)34-15-22-20-9-5-3-7-18(20)19-8-4-6-10-21(19)22/h3-10,17,22-24H,11-16H2,1-2H3,(H,28,33)(H,31,32). The van der Waals surface area contributed by atoms with Crippen molar-refractivity contribution in [2.45, 2.75) is 44.7 Å². The lowest BCUT2D eigenvalue weighted by atomic mass is 9.98. The highest BCUT2D eigenvalue weighted by atomic mass is 32.2. The maximum Gasteiger partial charge on any atom is 0.407 e. The molecule has 2 atom stereocenters. The monoisotopic (exact) mass is 496 g/mol. The molecular formula is C27H32N2O5S. The zero-order valence-electron chi connectivity index (χ0n) is 20.1. The number of amides is 2. The van der Waals surface area contributed by atoms with Crippen molar-refractivity contribution < 1.29 is 24.2 Å². The number of carbonyl (C=O) groups is 3. The third-order valence-corrected chi connectivity index (χ3v) is 7.69. The molecule has 35 heavy (non-hydrogen) atoms. The fourth-order valence-electron chi connectivity index (χ4n) is 4.81. The van der Waals surface area contributed by atoms with Gasteiger partial charge in [0, 0.05) is 24.0 Å². The first kappa shape index (κ1) is 25.1. The lowest BCUT2D eigenvalue weighted by molar-refractivity contribution is -0.150. The first-order chi connectivity index (χ1) is 16.9. The first-order valence-corrected chi connectivity index (χ1v) is 13.2. The fourth-order valence-corrected chi connectivity index (χ4v) is 5.85. The molecule has 1 fully saturated rings. The van der Waals surface area contributed by atoms with E-state index in [2.05, 4.69) is 29.6 Å². The van der Waals surface area contributed by atoms with E-state index in [1.165, 1.54) is 16.7 Å². The zero-order valence-corrected chi connectivity index (χ0v) is 20.9. The molecule has 1 aliphatic carbocycles. The van der Waals surface area contributed by atoms with E-state index in [0.717, 1.165) is 28.7 Å². The Morgan fingerprint density at radius 2 is 1.69 bits per heavy atom. The number of ether oxygens (including phenoxy) is 1. The SMILES string of the molecule is CC(C)CCC(NC(=O)OCC1c2ccccc2-c2ccccc21)C(=O)N1CCSCC1C(=O)O. The molecule has 0 bridgehead atoms. The summed E-state index contributed by atoms with van der Waals surface area (Å²) in [6.45, 7) is 4.60. The van der Waals surface area contributed by atoms with Crippen LogP contribution in [0.15, 0.2) is 48.5 Å². The Balaban J connectivity index is 1.45. The van der Waals surface area contributed by atoms with Gasteiger partial charge in [0.05, 0.1) is 0 Å². The van der Waals surface area contributed by atoms with Crippen molar-refractivity contribution in [1.29, 1.82) is 0 Å². The Labute approximate surface area is 210 Å². The average Bonchev–Trinajstić information content (AvgIpc) is 3.18. The van der Waals surface area contributed by atoms with Gasteiger partial charge in [0.25, 0.3) is 0 Å². The Bertz CT molecular complexity index is 1040. The molecular weight excluding hydrogens is 464 g/mol.